The minimum atomic E-state index is -0.0742. The molecule has 18 heavy (non-hydrogen) atoms. The van der Waals surface area contributed by atoms with Crippen molar-refractivity contribution >= 4 is 11.8 Å². The Hall–Kier alpha value is -1.78. The predicted molar refractivity (Wildman–Crippen MR) is 68.3 cm³/mol. The Morgan fingerprint density at radius 1 is 1.56 bits per heavy atom. The molecule has 2 amide bonds. The molecule has 1 aliphatic heterocycles. The molecular formula is C13H19N3O2. The summed E-state index contributed by atoms with van der Waals surface area (Å²) in [4.78, 5) is 23.2. The molecule has 0 radical (unpaired) electrons. The molecule has 2 N–H and O–H groups in total. The van der Waals surface area contributed by atoms with Crippen LogP contribution in [0.1, 0.15) is 43.2 Å². The van der Waals surface area contributed by atoms with Gasteiger partial charge in [-0.25, -0.2) is 0 Å². The fourth-order valence-corrected chi connectivity index (χ4v) is 2.15. The molecule has 1 fully saturated rings. The van der Waals surface area contributed by atoms with Gasteiger partial charge in [0.25, 0.3) is 5.91 Å². The van der Waals surface area contributed by atoms with Crippen LogP contribution in [0.3, 0.4) is 0 Å². The van der Waals surface area contributed by atoms with Gasteiger partial charge in [0, 0.05) is 31.2 Å². The number of rotatable bonds is 3. The summed E-state index contributed by atoms with van der Waals surface area (Å²) in [6.45, 7) is 4.60. The standard InChI is InChI=1S/C13H19N3O2/c1-9(2)16-7-3-4-11(16)13(18)15-10-5-6-12(17)14-8-10/h3-4,7,9-10H,5-6,8H2,1-2H3,(H,14,17)(H,15,18). The molecule has 5 nitrogen and oxygen atoms in total. The van der Waals surface area contributed by atoms with Crippen LogP contribution in [0.15, 0.2) is 18.3 Å². The van der Waals surface area contributed by atoms with E-state index < -0.39 is 0 Å². The van der Waals surface area contributed by atoms with Crippen molar-refractivity contribution < 1.29 is 9.59 Å². The van der Waals surface area contributed by atoms with E-state index in [1.54, 1.807) is 0 Å². The van der Waals surface area contributed by atoms with Gasteiger partial charge < -0.3 is 15.2 Å². The van der Waals surface area contributed by atoms with E-state index in [2.05, 4.69) is 10.6 Å². The summed E-state index contributed by atoms with van der Waals surface area (Å²) in [5.74, 6) is -0.0131. The van der Waals surface area contributed by atoms with Gasteiger partial charge in [-0.2, -0.15) is 0 Å². The van der Waals surface area contributed by atoms with Crippen molar-refractivity contribution in [3.8, 4) is 0 Å². The number of piperidine rings is 1. The minimum absolute atomic E-state index is 0.0331. The molecule has 1 atom stereocenters. The zero-order valence-corrected chi connectivity index (χ0v) is 10.8. The molecule has 0 aromatic carbocycles. The van der Waals surface area contributed by atoms with E-state index in [9.17, 15) is 9.59 Å². The van der Waals surface area contributed by atoms with Gasteiger partial charge in [0.1, 0.15) is 5.69 Å². The van der Waals surface area contributed by atoms with Crippen molar-refractivity contribution in [2.45, 2.75) is 38.8 Å². The third-order valence-electron chi connectivity index (χ3n) is 3.17. The van der Waals surface area contributed by atoms with Crippen molar-refractivity contribution in [2.24, 2.45) is 0 Å². The fraction of sp³-hybridized carbons (Fsp3) is 0.538. The zero-order valence-electron chi connectivity index (χ0n) is 10.8. The lowest BCUT2D eigenvalue weighted by Gasteiger charge is -2.24. The molecule has 98 valence electrons. The van der Waals surface area contributed by atoms with Gasteiger partial charge in [-0.1, -0.05) is 0 Å². The Morgan fingerprint density at radius 3 is 2.94 bits per heavy atom. The molecule has 1 saturated heterocycles. The largest absolute Gasteiger partial charge is 0.354 e. The number of aromatic nitrogens is 1. The second-order valence-corrected chi connectivity index (χ2v) is 4.91. The van der Waals surface area contributed by atoms with Crippen LogP contribution in [-0.4, -0.2) is 29.0 Å². The van der Waals surface area contributed by atoms with Crippen LogP contribution in [-0.2, 0) is 4.79 Å². The molecule has 0 saturated carbocycles. The maximum atomic E-state index is 12.1. The highest BCUT2D eigenvalue weighted by molar-refractivity contribution is 5.93. The van der Waals surface area contributed by atoms with E-state index >= 15 is 0 Å². The lowest BCUT2D eigenvalue weighted by Crippen LogP contribution is -2.48. The Labute approximate surface area is 107 Å². The highest BCUT2D eigenvalue weighted by Crippen LogP contribution is 2.11. The Kier molecular flexibility index (Phi) is 3.69. The molecule has 0 bridgehead atoms. The molecule has 1 unspecified atom stereocenters. The maximum absolute atomic E-state index is 12.1. The molecule has 1 aliphatic rings. The SMILES string of the molecule is CC(C)n1cccc1C(=O)NC1CCC(=O)NC1. The highest BCUT2D eigenvalue weighted by Gasteiger charge is 2.21. The summed E-state index contributed by atoms with van der Waals surface area (Å²) < 4.78 is 1.94. The molecule has 1 aromatic rings. The quantitative estimate of drug-likeness (QED) is 0.842. The molecule has 1 aromatic heterocycles. The van der Waals surface area contributed by atoms with Crippen molar-refractivity contribution in [2.75, 3.05) is 6.54 Å². The summed E-state index contributed by atoms with van der Waals surface area (Å²) >= 11 is 0. The molecular weight excluding hydrogens is 230 g/mol. The first-order chi connectivity index (χ1) is 8.58. The van der Waals surface area contributed by atoms with Crippen molar-refractivity contribution in [1.29, 1.82) is 0 Å². The number of carbonyl (C=O) groups is 2. The highest BCUT2D eigenvalue weighted by atomic mass is 16.2. The molecule has 0 aliphatic carbocycles. The van der Waals surface area contributed by atoms with Crippen LogP contribution in [0.25, 0.3) is 0 Å². The van der Waals surface area contributed by atoms with Crippen LogP contribution in [0.4, 0.5) is 0 Å². The molecule has 5 heteroatoms. The smallest absolute Gasteiger partial charge is 0.268 e. The Morgan fingerprint density at radius 2 is 2.33 bits per heavy atom. The summed E-state index contributed by atoms with van der Waals surface area (Å²) in [6, 6.07) is 3.98. The van der Waals surface area contributed by atoms with Crippen molar-refractivity contribution in [3.63, 3.8) is 0 Å². The van der Waals surface area contributed by atoms with E-state index in [-0.39, 0.29) is 23.9 Å². The molecule has 2 heterocycles. The van der Waals surface area contributed by atoms with Gasteiger partial charge in [0.05, 0.1) is 0 Å². The minimum Gasteiger partial charge on any atom is -0.354 e. The molecule has 0 spiro atoms. The van der Waals surface area contributed by atoms with Gasteiger partial charge in [-0.05, 0) is 32.4 Å². The van der Waals surface area contributed by atoms with Gasteiger partial charge in [-0.3, -0.25) is 9.59 Å². The van der Waals surface area contributed by atoms with E-state index in [1.165, 1.54) is 0 Å². The van der Waals surface area contributed by atoms with Crippen LogP contribution in [0.5, 0.6) is 0 Å². The average molecular weight is 249 g/mol. The van der Waals surface area contributed by atoms with Crippen molar-refractivity contribution in [1.82, 2.24) is 15.2 Å². The van der Waals surface area contributed by atoms with Crippen LogP contribution in [0, 0.1) is 0 Å². The molecule has 2 rings (SSSR count). The Bertz CT molecular complexity index is 441. The van der Waals surface area contributed by atoms with E-state index in [4.69, 9.17) is 0 Å². The second kappa shape index (κ2) is 5.25. The van der Waals surface area contributed by atoms with E-state index in [0.717, 1.165) is 0 Å². The average Bonchev–Trinajstić information content (AvgIpc) is 2.81. The number of nitrogens with zero attached hydrogens (tertiary/aromatic N) is 1. The van der Waals surface area contributed by atoms with Gasteiger partial charge >= 0.3 is 0 Å². The monoisotopic (exact) mass is 249 g/mol. The third kappa shape index (κ3) is 2.72. The van der Waals surface area contributed by atoms with Crippen LogP contribution < -0.4 is 10.6 Å². The number of hydrogen-bond acceptors (Lipinski definition) is 2. The third-order valence-corrected chi connectivity index (χ3v) is 3.17. The second-order valence-electron chi connectivity index (χ2n) is 4.91. The normalized spacial score (nSPS) is 19.7. The number of nitrogens with one attached hydrogen (secondary N) is 2. The summed E-state index contributed by atoms with van der Waals surface area (Å²) in [7, 11) is 0. The first-order valence-electron chi connectivity index (χ1n) is 6.32. The predicted octanol–water partition coefficient (Wildman–Crippen LogP) is 1.08. The summed E-state index contributed by atoms with van der Waals surface area (Å²) in [5, 5.41) is 5.72. The van der Waals surface area contributed by atoms with Gasteiger partial charge in [-0.15, -0.1) is 0 Å². The summed E-state index contributed by atoms with van der Waals surface area (Å²) in [5.41, 5.74) is 0.668. The van der Waals surface area contributed by atoms with Gasteiger partial charge in [0.15, 0.2) is 0 Å². The van der Waals surface area contributed by atoms with E-state index in [0.29, 0.717) is 25.1 Å². The topological polar surface area (TPSA) is 63.1 Å². The first-order valence-corrected chi connectivity index (χ1v) is 6.32. The lowest BCUT2D eigenvalue weighted by molar-refractivity contribution is -0.122. The van der Waals surface area contributed by atoms with E-state index in [1.807, 2.05) is 36.7 Å². The Balaban J connectivity index is 1.99. The fourth-order valence-electron chi connectivity index (χ4n) is 2.15. The van der Waals surface area contributed by atoms with Crippen molar-refractivity contribution in [3.05, 3.63) is 24.0 Å². The van der Waals surface area contributed by atoms with Gasteiger partial charge in [0.2, 0.25) is 5.91 Å². The number of amides is 2. The number of hydrogen-bond donors (Lipinski definition) is 2. The summed E-state index contributed by atoms with van der Waals surface area (Å²) in [6.07, 6.45) is 3.10. The first kappa shape index (κ1) is 12.7. The van der Waals surface area contributed by atoms with Crippen LogP contribution in [0.2, 0.25) is 0 Å². The zero-order chi connectivity index (χ0) is 13.1. The van der Waals surface area contributed by atoms with Crippen LogP contribution >= 0.6 is 0 Å². The number of carbonyl (C=O) groups excluding carboxylic acids is 2. The lowest BCUT2D eigenvalue weighted by atomic mass is 10.1. The maximum Gasteiger partial charge on any atom is 0.268 e.